The second-order valence-corrected chi connectivity index (χ2v) is 5.88. The zero-order valence-corrected chi connectivity index (χ0v) is 13.1. The van der Waals surface area contributed by atoms with Gasteiger partial charge in [0.1, 0.15) is 12.2 Å². The fourth-order valence-electron chi connectivity index (χ4n) is 2.49. The summed E-state index contributed by atoms with van der Waals surface area (Å²) in [5.41, 5.74) is 1.72. The predicted molar refractivity (Wildman–Crippen MR) is 85.8 cm³/mol. The maximum atomic E-state index is 12.2. The lowest BCUT2D eigenvalue weighted by Gasteiger charge is -2.08. The summed E-state index contributed by atoms with van der Waals surface area (Å²) in [6, 6.07) is 7.51. The molecular weight excluding hydrogens is 306 g/mol. The van der Waals surface area contributed by atoms with Gasteiger partial charge in [0, 0.05) is 31.1 Å². The van der Waals surface area contributed by atoms with Crippen molar-refractivity contribution in [2.24, 2.45) is 0 Å². The van der Waals surface area contributed by atoms with E-state index in [1.54, 1.807) is 12.4 Å². The molecule has 0 unspecified atom stereocenters. The van der Waals surface area contributed by atoms with Crippen molar-refractivity contribution in [3.63, 3.8) is 0 Å². The molecule has 1 aliphatic carbocycles. The van der Waals surface area contributed by atoms with Gasteiger partial charge in [-0.1, -0.05) is 6.07 Å². The van der Waals surface area contributed by atoms with Gasteiger partial charge >= 0.3 is 0 Å². The number of rotatable bonds is 6. The van der Waals surface area contributed by atoms with Crippen LogP contribution in [0, 0.1) is 0 Å². The maximum absolute atomic E-state index is 12.2. The molecule has 3 heterocycles. The van der Waals surface area contributed by atoms with Crippen molar-refractivity contribution in [3.8, 4) is 11.6 Å². The van der Waals surface area contributed by atoms with E-state index in [1.807, 2.05) is 35.0 Å². The van der Waals surface area contributed by atoms with Gasteiger partial charge in [0.15, 0.2) is 0 Å². The molecule has 1 fully saturated rings. The van der Waals surface area contributed by atoms with Crippen LogP contribution in [0.1, 0.15) is 30.2 Å². The van der Waals surface area contributed by atoms with E-state index in [0.717, 1.165) is 24.1 Å². The van der Waals surface area contributed by atoms with Gasteiger partial charge < -0.3 is 14.3 Å². The largest absolute Gasteiger partial charge is 0.419 e. The molecule has 7 nitrogen and oxygen atoms in total. The number of carbonyl (C=O) groups is 1. The number of nitrogens with one attached hydrogen (secondary N) is 1. The van der Waals surface area contributed by atoms with Crippen molar-refractivity contribution in [2.45, 2.75) is 31.8 Å². The van der Waals surface area contributed by atoms with Gasteiger partial charge in [-0.2, -0.15) is 0 Å². The van der Waals surface area contributed by atoms with Crippen LogP contribution in [-0.2, 0) is 17.9 Å². The summed E-state index contributed by atoms with van der Waals surface area (Å²) in [6.45, 7) is 0.652. The molecular formula is C17H17N5O2. The summed E-state index contributed by atoms with van der Waals surface area (Å²) in [6.07, 6.45) is 7.50. The van der Waals surface area contributed by atoms with Crippen molar-refractivity contribution in [1.29, 1.82) is 0 Å². The zero-order valence-electron chi connectivity index (χ0n) is 13.1. The Hall–Kier alpha value is -2.96. The monoisotopic (exact) mass is 323 g/mol. The summed E-state index contributed by atoms with van der Waals surface area (Å²) in [7, 11) is 0. The molecule has 7 heteroatoms. The van der Waals surface area contributed by atoms with Crippen molar-refractivity contribution in [1.82, 2.24) is 25.1 Å². The van der Waals surface area contributed by atoms with Crippen molar-refractivity contribution in [3.05, 3.63) is 54.3 Å². The van der Waals surface area contributed by atoms with E-state index in [0.29, 0.717) is 24.2 Å². The van der Waals surface area contributed by atoms with Crippen LogP contribution < -0.4 is 5.32 Å². The minimum Gasteiger partial charge on any atom is -0.419 e. The summed E-state index contributed by atoms with van der Waals surface area (Å²) in [5, 5.41) is 11.1. The minimum absolute atomic E-state index is 0.0850. The standard InChI is InChI=1S/C17H17N5O2/c23-15(19-10-12-3-1-7-18-9-12)11-22-8-2-4-14(22)17-21-20-16(24-17)13-5-6-13/h1-4,7-9,13H,5-6,10-11H2,(H,19,23). The van der Waals surface area contributed by atoms with Crippen LogP contribution in [-0.4, -0.2) is 25.7 Å². The van der Waals surface area contributed by atoms with Gasteiger partial charge in [-0.05, 0) is 36.6 Å². The van der Waals surface area contributed by atoms with Crippen LogP contribution in [0.3, 0.4) is 0 Å². The number of hydrogen-bond donors (Lipinski definition) is 1. The van der Waals surface area contributed by atoms with Crippen LogP contribution in [0.4, 0.5) is 0 Å². The molecule has 0 saturated heterocycles. The van der Waals surface area contributed by atoms with Gasteiger partial charge in [0.2, 0.25) is 11.8 Å². The van der Waals surface area contributed by atoms with E-state index in [9.17, 15) is 4.79 Å². The first kappa shape index (κ1) is 14.6. The summed E-state index contributed by atoms with van der Waals surface area (Å²) >= 11 is 0. The quantitative estimate of drug-likeness (QED) is 0.751. The number of amides is 1. The molecule has 0 aromatic carbocycles. The first-order valence-corrected chi connectivity index (χ1v) is 7.94. The van der Waals surface area contributed by atoms with Crippen LogP contribution in [0.2, 0.25) is 0 Å². The average Bonchev–Trinajstić information content (AvgIpc) is 3.16. The Morgan fingerprint density at radius 1 is 1.29 bits per heavy atom. The maximum Gasteiger partial charge on any atom is 0.264 e. The van der Waals surface area contributed by atoms with Gasteiger partial charge in [-0.3, -0.25) is 9.78 Å². The Labute approximate surface area is 138 Å². The highest BCUT2D eigenvalue weighted by atomic mass is 16.4. The number of pyridine rings is 1. The Kier molecular flexibility index (Phi) is 3.82. The molecule has 1 N–H and O–H groups in total. The Bertz CT molecular complexity index is 836. The highest BCUT2D eigenvalue weighted by molar-refractivity contribution is 5.76. The van der Waals surface area contributed by atoms with Crippen molar-refractivity contribution >= 4 is 5.91 Å². The van der Waals surface area contributed by atoms with Crippen LogP contribution in [0.15, 0.2) is 47.3 Å². The van der Waals surface area contributed by atoms with Crippen molar-refractivity contribution in [2.75, 3.05) is 0 Å². The fourth-order valence-corrected chi connectivity index (χ4v) is 2.49. The molecule has 122 valence electrons. The summed E-state index contributed by atoms with van der Waals surface area (Å²) in [5.74, 6) is 1.48. The zero-order chi connectivity index (χ0) is 16.4. The molecule has 0 bridgehead atoms. The molecule has 3 aromatic heterocycles. The van der Waals surface area contributed by atoms with Gasteiger partial charge in [0.05, 0.1) is 0 Å². The Balaban J connectivity index is 1.41. The van der Waals surface area contributed by atoms with Crippen LogP contribution >= 0.6 is 0 Å². The predicted octanol–water partition coefficient (Wildman–Crippen LogP) is 2.13. The second-order valence-electron chi connectivity index (χ2n) is 5.88. The highest BCUT2D eigenvalue weighted by Gasteiger charge is 2.29. The Morgan fingerprint density at radius 2 is 2.21 bits per heavy atom. The second kappa shape index (κ2) is 6.27. The van der Waals surface area contributed by atoms with Gasteiger partial charge in [-0.25, -0.2) is 0 Å². The number of aromatic nitrogens is 4. The molecule has 3 aromatic rings. The smallest absolute Gasteiger partial charge is 0.264 e. The topological polar surface area (TPSA) is 85.8 Å². The molecule has 0 aliphatic heterocycles. The number of carbonyl (C=O) groups excluding carboxylic acids is 1. The van der Waals surface area contributed by atoms with E-state index >= 15 is 0 Å². The van der Waals surface area contributed by atoms with E-state index in [-0.39, 0.29) is 12.5 Å². The van der Waals surface area contributed by atoms with Crippen LogP contribution in [0.5, 0.6) is 0 Å². The number of hydrogen-bond acceptors (Lipinski definition) is 5. The van der Waals surface area contributed by atoms with E-state index in [4.69, 9.17) is 4.42 Å². The molecule has 0 radical (unpaired) electrons. The first-order valence-electron chi connectivity index (χ1n) is 7.94. The highest BCUT2D eigenvalue weighted by Crippen LogP contribution is 2.39. The minimum atomic E-state index is -0.0850. The molecule has 1 amide bonds. The number of nitrogens with zero attached hydrogens (tertiary/aromatic N) is 4. The molecule has 1 saturated carbocycles. The van der Waals surface area contributed by atoms with E-state index < -0.39 is 0 Å². The molecule has 4 rings (SSSR count). The third-order valence-corrected chi connectivity index (χ3v) is 3.94. The summed E-state index contributed by atoms with van der Waals surface area (Å²) in [4.78, 5) is 16.2. The fraction of sp³-hybridized carbons (Fsp3) is 0.294. The third kappa shape index (κ3) is 3.19. The lowest BCUT2D eigenvalue weighted by molar-refractivity contribution is -0.121. The average molecular weight is 323 g/mol. The SMILES string of the molecule is O=C(Cn1cccc1-c1nnc(C2CC2)o1)NCc1cccnc1. The van der Waals surface area contributed by atoms with Crippen LogP contribution in [0.25, 0.3) is 11.6 Å². The van der Waals surface area contributed by atoms with Gasteiger partial charge in [-0.15, -0.1) is 10.2 Å². The molecule has 24 heavy (non-hydrogen) atoms. The van der Waals surface area contributed by atoms with E-state index in [1.165, 1.54) is 0 Å². The van der Waals surface area contributed by atoms with Gasteiger partial charge in [0.25, 0.3) is 5.89 Å². The molecule has 1 aliphatic rings. The molecule has 0 spiro atoms. The van der Waals surface area contributed by atoms with Crippen molar-refractivity contribution < 1.29 is 9.21 Å². The first-order chi connectivity index (χ1) is 11.8. The van der Waals surface area contributed by atoms with E-state index in [2.05, 4.69) is 20.5 Å². The third-order valence-electron chi connectivity index (χ3n) is 3.94. The Morgan fingerprint density at radius 3 is 3.00 bits per heavy atom. The normalized spacial score (nSPS) is 13.8. The lowest BCUT2D eigenvalue weighted by Crippen LogP contribution is -2.27. The molecule has 0 atom stereocenters. The lowest BCUT2D eigenvalue weighted by atomic mass is 10.3. The summed E-state index contributed by atoms with van der Waals surface area (Å²) < 4.78 is 7.53.